The fraction of sp³-hybridized carbons (Fsp3) is 0.379. The SMILES string of the molecule is CC(C)CNC[C@@H](O)[C@H](CCc1ccccc1)N(Cc1ccccc1)Cc1ccccc1. The van der Waals surface area contributed by atoms with Crippen LogP contribution in [0, 0.1) is 5.92 Å². The van der Waals surface area contributed by atoms with E-state index in [4.69, 9.17) is 0 Å². The van der Waals surface area contributed by atoms with Gasteiger partial charge >= 0.3 is 0 Å². The van der Waals surface area contributed by atoms with Gasteiger partial charge in [0.1, 0.15) is 0 Å². The topological polar surface area (TPSA) is 35.5 Å². The van der Waals surface area contributed by atoms with Gasteiger partial charge in [0.05, 0.1) is 6.10 Å². The Kier molecular flexibility index (Phi) is 9.96. The first-order valence-corrected chi connectivity index (χ1v) is 11.9. The van der Waals surface area contributed by atoms with Gasteiger partial charge in [-0.3, -0.25) is 4.90 Å². The maximum Gasteiger partial charge on any atom is 0.0819 e. The maximum atomic E-state index is 11.3. The van der Waals surface area contributed by atoms with E-state index in [-0.39, 0.29) is 6.04 Å². The Balaban J connectivity index is 1.81. The number of benzene rings is 3. The number of aryl methyl sites for hydroxylation is 1. The zero-order valence-electron chi connectivity index (χ0n) is 19.5. The summed E-state index contributed by atoms with van der Waals surface area (Å²) in [6, 6.07) is 31.8. The first kappa shape index (κ1) is 24.2. The Morgan fingerprint density at radius 3 is 1.62 bits per heavy atom. The van der Waals surface area contributed by atoms with E-state index in [2.05, 4.69) is 115 Å². The van der Waals surface area contributed by atoms with Gasteiger partial charge in [0.2, 0.25) is 0 Å². The molecule has 0 amide bonds. The van der Waals surface area contributed by atoms with E-state index in [0.717, 1.165) is 32.5 Å². The van der Waals surface area contributed by atoms with Crippen molar-refractivity contribution >= 4 is 0 Å². The quantitative estimate of drug-likeness (QED) is 0.386. The maximum absolute atomic E-state index is 11.3. The van der Waals surface area contributed by atoms with Crippen LogP contribution in [-0.2, 0) is 19.5 Å². The highest BCUT2D eigenvalue weighted by Gasteiger charge is 2.26. The van der Waals surface area contributed by atoms with Gasteiger partial charge in [-0.15, -0.1) is 0 Å². The molecular formula is C29H38N2O. The molecule has 3 rings (SSSR count). The highest BCUT2D eigenvalue weighted by atomic mass is 16.3. The minimum atomic E-state index is -0.440. The molecule has 3 aromatic carbocycles. The van der Waals surface area contributed by atoms with Crippen LogP contribution in [0.2, 0.25) is 0 Å². The Morgan fingerprint density at radius 2 is 1.16 bits per heavy atom. The van der Waals surface area contributed by atoms with E-state index in [1.54, 1.807) is 0 Å². The Bertz CT molecular complexity index is 826. The summed E-state index contributed by atoms with van der Waals surface area (Å²) < 4.78 is 0. The van der Waals surface area contributed by atoms with Crippen molar-refractivity contribution in [1.29, 1.82) is 0 Å². The molecule has 0 saturated heterocycles. The molecule has 0 aliphatic carbocycles. The third-order valence-electron chi connectivity index (χ3n) is 5.85. The molecule has 3 heteroatoms. The van der Waals surface area contributed by atoms with Crippen LogP contribution < -0.4 is 5.32 Å². The van der Waals surface area contributed by atoms with Gasteiger partial charge in [-0.1, -0.05) is 105 Å². The van der Waals surface area contributed by atoms with Gasteiger partial charge in [0, 0.05) is 25.7 Å². The number of nitrogens with one attached hydrogen (secondary N) is 1. The Labute approximate surface area is 194 Å². The summed E-state index contributed by atoms with van der Waals surface area (Å²) in [5, 5.41) is 14.8. The minimum Gasteiger partial charge on any atom is -0.390 e. The third kappa shape index (κ3) is 8.23. The second-order valence-corrected chi connectivity index (χ2v) is 9.09. The highest BCUT2D eigenvalue weighted by molar-refractivity contribution is 5.18. The molecule has 2 N–H and O–H groups in total. The molecule has 2 atom stereocenters. The highest BCUT2D eigenvalue weighted by Crippen LogP contribution is 2.20. The zero-order chi connectivity index (χ0) is 22.6. The van der Waals surface area contributed by atoms with Crippen molar-refractivity contribution in [3.8, 4) is 0 Å². The van der Waals surface area contributed by atoms with Gasteiger partial charge in [-0.25, -0.2) is 0 Å². The van der Waals surface area contributed by atoms with Crippen molar-refractivity contribution in [3.05, 3.63) is 108 Å². The first-order valence-electron chi connectivity index (χ1n) is 11.9. The number of aliphatic hydroxyl groups is 1. The largest absolute Gasteiger partial charge is 0.390 e. The fourth-order valence-corrected chi connectivity index (χ4v) is 4.16. The van der Waals surface area contributed by atoms with Crippen LogP contribution in [-0.4, -0.2) is 35.2 Å². The van der Waals surface area contributed by atoms with Crippen molar-refractivity contribution in [2.24, 2.45) is 5.92 Å². The lowest BCUT2D eigenvalue weighted by atomic mass is 9.98. The number of rotatable bonds is 13. The summed E-state index contributed by atoms with van der Waals surface area (Å²) in [4.78, 5) is 2.45. The van der Waals surface area contributed by atoms with Crippen molar-refractivity contribution in [2.45, 2.75) is 51.9 Å². The molecule has 0 aliphatic rings. The molecule has 0 aliphatic heterocycles. The third-order valence-corrected chi connectivity index (χ3v) is 5.85. The predicted molar refractivity (Wildman–Crippen MR) is 134 cm³/mol. The summed E-state index contributed by atoms with van der Waals surface area (Å²) in [5.41, 5.74) is 3.87. The molecule has 0 radical (unpaired) electrons. The molecule has 170 valence electrons. The lowest BCUT2D eigenvalue weighted by Crippen LogP contribution is -2.47. The lowest BCUT2D eigenvalue weighted by Gasteiger charge is -2.35. The van der Waals surface area contributed by atoms with Crippen LogP contribution in [0.5, 0.6) is 0 Å². The molecule has 3 aromatic rings. The standard InChI is InChI=1S/C29H38N2O/c1-24(2)20-30-21-29(32)28(19-18-25-12-6-3-7-13-25)31(22-26-14-8-4-9-15-26)23-27-16-10-5-11-17-27/h3-17,24,28-30,32H,18-23H2,1-2H3/t28-,29+/m0/s1. The number of hydrogen-bond acceptors (Lipinski definition) is 3. The summed E-state index contributed by atoms with van der Waals surface area (Å²) in [5.74, 6) is 0.565. The molecule has 0 spiro atoms. The second kappa shape index (κ2) is 13.2. The Morgan fingerprint density at radius 1 is 0.688 bits per heavy atom. The molecule has 32 heavy (non-hydrogen) atoms. The summed E-state index contributed by atoms with van der Waals surface area (Å²) >= 11 is 0. The van der Waals surface area contributed by atoms with E-state index in [1.165, 1.54) is 16.7 Å². The summed E-state index contributed by atoms with van der Waals surface area (Å²) in [6.07, 6.45) is 1.42. The van der Waals surface area contributed by atoms with E-state index in [1.807, 2.05) is 0 Å². The van der Waals surface area contributed by atoms with E-state index < -0.39 is 6.10 Å². The summed E-state index contributed by atoms with van der Waals surface area (Å²) in [7, 11) is 0. The van der Waals surface area contributed by atoms with Crippen molar-refractivity contribution in [2.75, 3.05) is 13.1 Å². The van der Waals surface area contributed by atoms with Gasteiger partial charge in [-0.2, -0.15) is 0 Å². The predicted octanol–water partition coefficient (Wildman–Crippen LogP) is 5.30. The average molecular weight is 431 g/mol. The van der Waals surface area contributed by atoms with E-state index in [0.29, 0.717) is 12.5 Å². The molecule has 3 nitrogen and oxygen atoms in total. The molecule has 0 heterocycles. The minimum absolute atomic E-state index is 0.0512. The van der Waals surface area contributed by atoms with Crippen LogP contribution in [0.15, 0.2) is 91.0 Å². The molecule has 0 aromatic heterocycles. The molecule has 0 saturated carbocycles. The van der Waals surface area contributed by atoms with Gasteiger partial charge < -0.3 is 10.4 Å². The van der Waals surface area contributed by atoms with Crippen molar-refractivity contribution in [3.63, 3.8) is 0 Å². The molecular weight excluding hydrogens is 392 g/mol. The second-order valence-electron chi connectivity index (χ2n) is 9.09. The normalized spacial score (nSPS) is 13.4. The van der Waals surface area contributed by atoms with Crippen LogP contribution >= 0.6 is 0 Å². The number of nitrogens with zero attached hydrogens (tertiary/aromatic N) is 1. The number of hydrogen-bond donors (Lipinski definition) is 2. The molecule has 0 fully saturated rings. The van der Waals surface area contributed by atoms with Crippen LogP contribution in [0.4, 0.5) is 0 Å². The average Bonchev–Trinajstić information content (AvgIpc) is 2.81. The molecule has 0 bridgehead atoms. The Hall–Kier alpha value is -2.46. The van der Waals surface area contributed by atoms with Crippen molar-refractivity contribution < 1.29 is 5.11 Å². The number of aliphatic hydroxyl groups excluding tert-OH is 1. The van der Waals surface area contributed by atoms with E-state index in [9.17, 15) is 5.11 Å². The van der Waals surface area contributed by atoms with Crippen LogP contribution in [0.25, 0.3) is 0 Å². The zero-order valence-corrected chi connectivity index (χ0v) is 19.5. The summed E-state index contributed by atoms with van der Waals surface area (Å²) in [6.45, 7) is 7.55. The molecule has 0 unspecified atom stereocenters. The van der Waals surface area contributed by atoms with Gasteiger partial charge in [0.25, 0.3) is 0 Å². The van der Waals surface area contributed by atoms with Crippen LogP contribution in [0.3, 0.4) is 0 Å². The van der Waals surface area contributed by atoms with Crippen LogP contribution in [0.1, 0.15) is 37.0 Å². The first-order chi connectivity index (χ1) is 15.6. The monoisotopic (exact) mass is 430 g/mol. The lowest BCUT2D eigenvalue weighted by molar-refractivity contribution is 0.0345. The van der Waals surface area contributed by atoms with E-state index >= 15 is 0 Å². The fourth-order valence-electron chi connectivity index (χ4n) is 4.16. The van der Waals surface area contributed by atoms with Gasteiger partial charge in [0.15, 0.2) is 0 Å². The van der Waals surface area contributed by atoms with Gasteiger partial charge in [-0.05, 0) is 42.0 Å². The van der Waals surface area contributed by atoms with Crippen molar-refractivity contribution in [1.82, 2.24) is 10.2 Å². The smallest absolute Gasteiger partial charge is 0.0819 e.